The van der Waals surface area contributed by atoms with Gasteiger partial charge in [-0.3, -0.25) is 4.57 Å². The SMILES string of the molecule is Nc1nc(=O)n([C@H]2C[C@H](O)[C@](CO)(CF)O2)cc1Cl. The highest BCUT2D eigenvalue weighted by atomic mass is 35.5. The highest BCUT2D eigenvalue weighted by Gasteiger charge is 2.49. The van der Waals surface area contributed by atoms with Gasteiger partial charge in [-0.15, -0.1) is 0 Å². The molecule has 1 aliphatic heterocycles. The number of aromatic nitrogens is 2. The number of halogens is 2. The average molecular weight is 294 g/mol. The summed E-state index contributed by atoms with van der Waals surface area (Å²) in [5.41, 5.74) is 2.92. The van der Waals surface area contributed by atoms with E-state index in [4.69, 9.17) is 27.2 Å². The van der Waals surface area contributed by atoms with Crippen LogP contribution in [0.3, 0.4) is 0 Å². The molecule has 0 aliphatic carbocycles. The summed E-state index contributed by atoms with van der Waals surface area (Å²) in [6.07, 6.45) is -1.06. The highest BCUT2D eigenvalue weighted by molar-refractivity contribution is 6.32. The number of hydrogen-bond donors (Lipinski definition) is 3. The number of nitrogen functional groups attached to an aromatic ring is 1. The predicted octanol–water partition coefficient (Wildman–Crippen LogP) is -0.541. The van der Waals surface area contributed by atoms with Crippen LogP contribution in [-0.2, 0) is 4.74 Å². The Labute approximate surface area is 112 Å². The zero-order valence-electron chi connectivity index (χ0n) is 9.79. The van der Waals surface area contributed by atoms with Gasteiger partial charge in [-0.05, 0) is 0 Å². The topological polar surface area (TPSA) is 111 Å². The largest absolute Gasteiger partial charge is 0.393 e. The summed E-state index contributed by atoms with van der Waals surface area (Å²) in [4.78, 5) is 15.1. The maximum absolute atomic E-state index is 12.9. The lowest BCUT2D eigenvalue weighted by molar-refractivity contribution is -0.137. The van der Waals surface area contributed by atoms with Crippen LogP contribution < -0.4 is 11.4 Å². The fourth-order valence-electron chi connectivity index (χ4n) is 1.94. The van der Waals surface area contributed by atoms with Crippen molar-refractivity contribution in [2.75, 3.05) is 19.0 Å². The zero-order valence-corrected chi connectivity index (χ0v) is 10.5. The Morgan fingerprint density at radius 2 is 2.42 bits per heavy atom. The van der Waals surface area contributed by atoms with Crippen molar-refractivity contribution in [1.82, 2.24) is 9.55 Å². The van der Waals surface area contributed by atoms with Gasteiger partial charge < -0.3 is 20.7 Å². The lowest BCUT2D eigenvalue weighted by atomic mass is 10.00. The average Bonchev–Trinajstić information content (AvgIpc) is 2.71. The van der Waals surface area contributed by atoms with Crippen LogP contribution in [0.4, 0.5) is 10.2 Å². The Morgan fingerprint density at radius 3 is 2.95 bits per heavy atom. The summed E-state index contributed by atoms with van der Waals surface area (Å²) >= 11 is 5.75. The Bertz CT molecular complexity index is 534. The van der Waals surface area contributed by atoms with Crippen LogP contribution >= 0.6 is 11.6 Å². The Balaban J connectivity index is 2.36. The maximum Gasteiger partial charge on any atom is 0.351 e. The smallest absolute Gasteiger partial charge is 0.351 e. The summed E-state index contributed by atoms with van der Waals surface area (Å²) < 4.78 is 19.2. The molecule has 0 amide bonds. The van der Waals surface area contributed by atoms with E-state index >= 15 is 0 Å². The number of hydrogen-bond acceptors (Lipinski definition) is 6. The molecule has 4 N–H and O–H groups in total. The second-order valence-electron chi connectivity index (χ2n) is 4.34. The van der Waals surface area contributed by atoms with Crippen molar-refractivity contribution in [1.29, 1.82) is 0 Å². The number of rotatable bonds is 3. The van der Waals surface area contributed by atoms with Gasteiger partial charge in [0.25, 0.3) is 0 Å². The zero-order chi connectivity index (χ0) is 14.2. The third-order valence-electron chi connectivity index (χ3n) is 3.14. The standard InChI is InChI=1S/C10H13ClFN3O4/c11-5-2-15(9(18)14-8(5)13)7-1-6(17)10(3-12,4-16)19-7/h2,6-7,16-17H,1,3-4H2,(H2,13,14,18)/t6-,7+,10+/m0/s1. The van der Waals surface area contributed by atoms with Gasteiger partial charge in [0, 0.05) is 12.6 Å². The Hall–Kier alpha value is -1.22. The minimum atomic E-state index is -1.72. The molecule has 1 fully saturated rings. The van der Waals surface area contributed by atoms with Gasteiger partial charge in [0.1, 0.15) is 24.3 Å². The molecule has 0 bridgehead atoms. The summed E-state index contributed by atoms with van der Waals surface area (Å²) in [5.74, 6) is -0.125. The van der Waals surface area contributed by atoms with E-state index in [-0.39, 0.29) is 17.3 Å². The lowest BCUT2D eigenvalue weighted by Crippen LogP contribution is -2.45. The van der Waals surface area contributed by atoms with Crippen LogP contribution in [0.5, 0.6) is 0 Å². The molecule has 9 heteroatoms. The second-order valence-corrected chi connectivity index (χ2v) is 4.75. The molecule has 0 spiro atoms. The first kappa shape index (κ1) is 14.2. The van der Waals surface area contributed by atoms with Crippen LogP contribution in [0.2, 0.25) is 5.02 Å². The number of nitrogens with zero attached hydrogens (tertiary/aromatic N) is 2. The molecule has 0 radical (unpaired) electrons. The third kappa shape index (κ3) is 2.32. The highest BCUT2D eigenvalue weighted by Crippen LogP contribution is 2.36. The van der Waals surface area contributed by atoms with E-state index < -0.39 is 36.9 Å². The Kier molecular flexibility index (Phi) is 3.77. The molecule has 0 unspecified atom stereocenters. The van der Waals surface area contributed by atoms with Gasteiger partial charge in [0.2, 0.25) is 0 Å². The first-order valence-electron chi connectivity index (χ1n) is 5.50. The van der Waals surface area contributed by atoms with Crippen molar-refractivity contribution in [2.45, 2.75) is 24.4 Å². The summed E-state index contributed by atoms with van der Waals surface area (Å²) in [5, 5.41) is 19.0. The molecule has 1 aromatic heterocycles. The number of ether oxygens (including phenoxy) is 1. The van der Waals surface area contributed by atoms with Crippen LogP contribution in [0.1, 0.15) is 12.6 Å². The number of aliphatic hydroxyl groups is 2. The van der Waals surface area contributed by atoms with Crippen molar-refractivity contribution in [3.63, 3.8) is 0 Å². The molecule has 19 heavy (non-hydrogen) atoms. The Morgan fingerprint density at radius 1 is 1.74 bits per heavy atom. The number of alkyl halides is 1. The van der Waals surface area contributed by atoms with E-state index in [1.807, 2.05) is 0 Å². The van der Waals surface area contributed by atoms with Crippen molar-refractivity contribution in [2.24, 2.45) is 0 Å². The van der Waals surface area contributed by atoms with E-state index in [0.29, 0.717) is 0 Å². The van der Waals surface area contributed by atoms with E-state index in [2.05, 4.69) is 4.98 Å². The molecule has 1 aromatic rings. The van der Waals surface area contributed by atoms with Crippen molar-refractivity contribution < 1.29 is 19.3 Å². The minimum absolute atomic E-state index is 0.0411. The van der Waals surface area contributed by atoms with Gasteiger partial charge in [-0.25, -0.2) is 9.18 Å². The van der Waals surface area contributed by atoms with Gasteiger partial charge in [0.05, 0.1) is 17.7 Å². The van der Waals surface area contributed by atoms with Crippen molar-refractivity contribution in [3.8, 4) is 0 Å². The van der Waals surface area contributed by atoms with Gasteiger partial charge in [-0.2, -0.15) is 4.98 Å². The van der Waals surface area contributed by atoms with Gasteiger partial charge >= 0.3 is 5.69 Å². The molecule has 1 aliphatic rings. The first-order valence-corrected chi connectivity index (χ1v) is 5.88. The molecule has 0 aromatic carbocycles. The summed E-state index contributed by atoms with van der Waals surface area (Å²) in [6, 6.07) is 0. The van der Waals surface area contributed by atoms with Crippen LogP contribution in [-0.4, -0.2) is 44.8 Å². The first-order chi connectivity index (χ1) is 8.93. The lowest BCUT2D eigenvalue weighted by Gasteiger charge is -2.26. The fraction of sp³-hybridized carbons (Fsp3) is 0.600. The van der Waals surface area contributed by atoms with E-state index in [9.17, 15) is 14.3 Å². The quantitative estimate of drug-likeness (QED) is 0.690. The molecule has 2 heterocycles. The number of nitrogens with two attached hydrogens (primary N) is 1. The molecular formula is C10H13ClFN3O4. The molecule has 3 atom stereocenters. The monoisotopic (exact) mass is 293 g/mol. The summed E-state index contributed by atoms with van der Waals surface area (Å²) in [6.45, 7) is -1.78. The molecule has 2 rings (SSSR count). The number of aliphatic hydroxyl groups excluding tert-OH is 2. The van der Waals surface area contributed by atoms with Crippen molar-refractivity contribution >= 4 is 17.4 Å². The molecular weight excluding hydrogens is 281 g/mol. The molecule has 1 saturated heterocycles. The molecule has 106 valence electrons. The van der Waals surface area contributed by atoms with Crippen LogP contribution in [0, 0.1) is 0 Å². The number of anilines is 1. The van der Waals surface area contributed by atoms with Gasteiger partial charge in [0.15, 0.2) is 0 Å². The van der Waals surface area contributed by atoms with E-state index in [0.717, 1.165) is 4.57 Å². The molecule has 0 saturated carbocycles. The maximum atomic E-state index is 12.9. The van der Waals surface area contributed by atoms with E-state index in [1.165, 1.54) is 6.20 Å². The molecule has 7 nitrogen and oxygen atoms in total. The third-order valence-corrected chi connectivity index (χ3v) is 3.43. The van der Waals surface area contributed by atoms with Crippen LogP contribution in [0.15, 0.2) is 11.0 Å². The fourth-order valence-corrected chi connectivity index (χ4v) is 2.09. The van der Waals surface area contributed by atoms with Crippen molar-refractivity contribution in [3.05, 3.63) is 21.7 Å². The van der Waals surface area contributed by atoms with Crippen LogP contribution in [0.25, 0.3) is 0 Å². The van der Waals surface area contributed by atoms with E-state index in [1.54, 1.807) is 0 Å². The normalized spacial score (nSPS) is 30.7. The van der Waals surface area contributed by atoms with Gasteiger partial charge in [-0.1, -0.05) is 11.6 Å². The minimum Gasteiger partial charge on any atom is -0.393 e. The summed E-state index contributed by atoms with van der Waals surface area (Å²) in [7, 11) is 0. The predicted molar refractivity (Wildman–Crippen MR) is 64.5 cm³/mol. The second kappa shape index (κ2) is 5.04.